The summed E-state index contributed by atoms with van der Waals surface area (Å²) in [4.78, 5) is 14.1. The number of alkyl halides is 3. The molecule has 4 rings (SSSR count). The molecule has 1 aromatic heterocycles. The maximum absolute atomic E-state index is 13.3. The zero-order valence-corrected chi connectivity index (χ0v) is 16.0. The molecule has 0 aromatic carbocycles. The molecule has 1 atom stereocenters. The average Bonchev–Trinajstić information content (AvgIpc) is 3.13. The number of nitrogens with zero attached hydrogens (tertiary/aromatic N) is 4. The van der Waals surface area contributed by atoms with Gasteiger partial charge in [-0.2, -0.15) is 0 Å². The van der Waals surface area contributed by atoms with E-state index in [1.54, 1.807) is 30.0 Å². The highest BCUT2D eigenvalue weighted by Gasteiger charge is 2.55. The largest absolute Gasteiger partial charge is 0.489 e. The topological polar surface area (TPSA) is 40.9 Å². The van der Waals surface area contributed by atoms with Gasteiger partial charge in [0.2, 0.25) is 0 Å². The summed E-state index contributed by atoms with van der Waals surface area (Å²) in [5, 5.41) is 0.313. The van der Waals surface area contributed by atoms with Crippen molar-refractivity contribution in [1.29, 1.82) is 0 Å². The molecule has 0 bridgehead atoms. The second-order valence-corrected chi connectivity index (χ2v) is 7.84. The summed E-state index contributed by atoms with van der Waals surface area (Å²) in [6, 6.07) is 3.57. The highest BCUT2D eigenvalue weighted by Crippen LogP contribution is 2.48. The first-order valence-electron chi connectivity index (χ1n) is 8.18. The first-order chi connectivity index (χ1) is 12.8. The Balaban J connectivity index is 1.84. The minimum absolute atomic E-state index is 0.0297. The van der Waals surface area contributed by atoms with Crippen LogP contribution in [0, 0.1) is 0 Å². The number of pyridine rings is 1. The van der Waals surface area contributed by atoms with Crippen LogP contribution in [0.25, 0.3) is 5.57 Å². The standard InChI is InChI=1S/C18H14ClF3N4S/c1-3-27-11-4-5-13(19)25-15(11)14-10(2)6-7-17-12(8-23-16(14)17)26(9-24-17)18(20,21)22/h4-9H,3H2,1-2H3. The van der Waals surface area contributed by atoms with Crippen LogP contribution in [0.3, 0.4) is 0 Å². The second-order valence-electron chi connectivity index (χ2n) is 6.15. The zero-order chi connectivity index (χ0) is 19.4. The van der Waals surface area contributed by atoms with Gasteiger partial charge in [-0.05, 0) is 36.5 Å². The molecule has 0 saturated carbocycles. The molecule has 1 aliphatic carbocycles. The van der Waals surface area contributed by atoms with E-state index < -0.39 is 11.8 Å². The van der Waals surface area contributed by atoms with E-state index in [0.717, 1.165) is 22.6 Å². The smallest absolute Gasteiger partial charge is 0.255 e. The molecule has 1 spiro atoms. The van der Waals surface area contributed by atoms with E-state index in [1.807, 2.05) is 19.9 Å². The van der Waals surface area contributed by atoms with Crippen LogP contribution in [0.15, 0.2) is 56.6 Å². The Kier molecular flexibility index (Phi) is 4.23. The molecule has 2 aliphatic heterocycles. The minimum atomic E-state index is -4.56. The Morgan fingerprint density at radius 2 is 2.07 bits per heavy atom. The van der Waals surface area contributed by atoms with Gasteiger partial charge in [0.15, 0.2) is 5.54 Å². The van der Waals surface area contributed by atoms with Crippen molar-refractivity contribution in [2.75, 3.05) is 5.75 Å². The van der Waals surface area contributed by atoms with Gasteiger partial charge in [-0.25, -0.2) is 9.88 Å². The lowest BCUT2D eigenvalue weighted by Gasteiger charge is -2.30. The third-order valence-corrected chi connectivity index (χ3v) is 5.68. The second kappa shape index (κ2) is 6.24. The number of thioether (sulfide) groups is 1. The lowest BCUT2D eigenvalue weighted by atomic mass is 9.80. The summed E-state index contributed by atoms with van der Waals surface area (Å²) in [5.74, 6) is 0.819. The lowest BCUT2D eigenvalue weighted by molar-refractivity contribution is -0.203. The summed E-state index contributed by atoms with van der Waals surface area (Å²) in [6.45, 7) is 3.89. The first kappa shape index (κ1) is 18.3. The van der Waals surface area contributed by atoms with E-state index in [-0.39, 0.29) is 10.6 Å². The van der Waals surface area contributed by atoms with Crippen LogP contribution in [0.1, 0.15) is 19.5 Å². The van der Waals surface area contributed by atoms with Crippen molar-refractivity contribution in [3.8, 4) is 0 Å². The summed E-state index contributed by atoms with van der Waals surface area (Å²) in [6.07, 6.45) is 0.911. The van der Waals surface area contributed by atoms with Gasteiger partial charge in [-0.15, -0.1) is 24.9 Å². The predicted molar refractivity (Wildman–Crippen MR) is 102 cm³/mol. The molecule has 0 fully saturated rings. The van der Waals surface area contributed by atoms with E-state index >= 15 is 0 Å². The maximum Gasteiger partial charge on any atom is 0.489 e. The quantitative estimate of drug-likeness (QED) is 0.396. The van der Waals surface area contributed by atoms with Gasteiger partial charge >= 0.3 is 6.30 Å². The van der Waals surface area contributed by atoms with Crippen LogP contribution in [-0.4, -0.2) is 39.5 Å². The Morgan fingerprint density at radius 3 is 2.78 bits per heavy atom. The molecule has 3 heterocycles. The molecule has 0 radical (unpaired) electrons. The molecule has 27 heavy (non-hydrogen) atoms. The molecule has 1 unspecified atom stereocenters. The van der Waals surface area contributed by atoms with Crippen LogP contribution < -0.4 is 0 Å². The average molecular weight is 411 g/mol. The van der Waals surface area contributed by atoms with Gasteiger partial charge < -0.3 is 0 Å². The van der Waals surface area contributed by atoms with Crippen LogP contribution in [0.4, 0.5) is 13.2 Å². The SMILES string of the molecule is CCSc1ccc(Cl)nc1C1=C(C)C=CC23N=CN(C(F)(F)F)C2=CN=C13. The fraction of sp³-hybridized carbons (Fsp3) is 0.278. The molecule has 0 saturated heterocycles. The Labute approximate surface area is 163 Å². The van der Waals surface area contributed by atoms with Crippen molar-refractivity contribution in [2.24, 2.45) is 9.98 Å². The number of hydrogen-bond donors (Lipinski definition) is 0. The van der Waals surface area contributed by atoms with Crippen molar-refractivity contribution in [3.63, 3.8) is 0 Å². The fourth-order valence-corrected chi connectivity index (χ4v) is 4.29. The maximum atomic E-state index is 13.3. The number of hydrogen-bond acceptors (Lipinski definition) is 5. The van der Waals surface area contributed by atoms with Gasteiger partial charge in [-0.1, -0.05) is 24.6 Å². The third-order valence-electron chi connectivity index (χ3n) is 4.54. The monoisotopic (exact) mass is 410 g/mol. The fourth-order valence-electron chi connectivity index (χ4n) is 3.38. The van der Waals surface area contributed by atoms with E-state index in [4.69, 9.17) is 11.6 Å². The predicted octanol–water partition coefficient (Wildman–Crippen LogP) is 5.09. The summed E-state index contributed by atoms with van der Waals surface area (Å²) >= 11 is 7.71. The molecular formula is C18H14ClF3N4S. The van der Waals surface area contributed by atoms with E-state index in [0.29, 0.717) is 22.1 Å². The zero-order valence-electron chi connectivity index (χ0n) is 14.4. The molecular weight excluding hydrogens is 397 g/mol. The van der Waals surface area contributed by atoms with Crippen LogP contribution in [0.2, 0.25) is 5.15 Å². The van der Waals surface area contributed by atoms with Crippen molar-refractivity contribution in [3.05, 3.63) is 52.6 Å². The Hall–Kier alpha value is -2.06. The van der Waals surface area contributed by atoms with Crippen LogP contribution in [0.5, 0.6) is 0 Å². The summed E-state index contributed by atoms with van der Waals surface area (Å²) in [5.41, 5.74) is 1.27. The Bertz CT molecular complexity index is 977. The summed E-state index contributed by atoms with van der Waals surface area (Å²) in [7, 11) is 0. The molecule has 140 valence electrons. The van der Waals surface area contributed by atoms with Crippen LogP contribution in [-0.2, 0) is 0 Å². The van der Waals surface area contributed by atoms with Gasteiger partial charge in [-0.3, -0.25) is 9.98 Å². The van der Waals surface area contributed by atoms with Gasteiger partial charge in [0.1, 0.15) is 5.15 Å². The Morgan fingerprint density at radius 1 is 1.30 bits per heavy atom. The van der Waals surface area contributed by atoms with Gasteiger partial charge in [0.05, 0.1) is 29.6 Å². The van der Waals surface area contributed by atoms with Crippen molar-refractivity contribution >= 4 is 41.0 Å². The van der Waals surface area contributed by atoms with Gasteiger partial charge in [0, 0.05) is 10.5 Å². The normalized spacial score (nSPS) is 23.6. The molecule has 3 aliphatic rings. The molecule has 1 aromatic rings. The van der Waals surface area contributed by atoms with Crippen molar-refractivity contribution in [1.82, 2.24) is 9.88 Å². The molecule has 9 heteroatoms. The van der Waals surface area contributed by atoms with Crippen LogP contribution >= 0.6 is 23.4 Å². The number of aromatic nitrogens is 1. The molecule has 4 nitrogen and oxygen atoms in total. The first-order valence-corrected chi connectivity index (χ1v) is 9.55. The number of halogens is 4. The highest BCUT2D eigenvalue weighted by atomic mass is 35.5. The minimum Gasteiger partial charge on any atom is -0.255 e. The van der Waals surface area contributed by atoms with Gasteiger partial charge in [0.25, 0.3) is 0 Å². The number of rotatable bonds is 3. The van der Waals surface area contributed by atoms with E-state index in [1.165, 1.54) is 6.20 Å². The third kappa shape index (κ3) is 2.73. The van der Waals surface area contributed by atoms with E-state index in [2.05, 4.69) is 15.0 Å². The number of allylic oxidation sites excluding steroid dienone is 2. The summed E-state index contributed by atoms with van der Waals surface area (Å²) < 4.78 is 40.0. The van der Waals surface area contributed by atoms with Crippen molar-refractivity contribution in [2.45, 2.75) is 30.6 Å². The number of aliphatic imine (C=N–C) groups is 2. The van der Waals surface area contributed by atoms with E-state index in [9.17, 15) is 13.2 Å². The highest BCUT2D eigenvalue weighted by molar-refractivity contribution is 7.99. The molecule has 0 N–H and O–H groups in total. The van der Waals surface area contributed by atoms with Crippen molar-refractivity contribution < 1.29 is 13.2 Å². The molecule has 0 amide bonds. The lowest BCUT2D eigenvalue weighted by Crippen LogP contribution is -2.42.